The van der Waals surface area contributed by atoms with Crippen LogP contribution in [-0.2, 0) is 11.2 Å². The number of benzene rings is 2. The minimum Gasteiger partial charge on any atom is -0.465 e. The van der Waals surface area contributed by atoms with Gasteiger partial charge in [-0.15, -0.1) is 0 Å². The van der Waals surface area contributed by atoms with Crippen molar-refractivity contribution in [1.29, 1.82) is 0 Å². The molecular weight excluding hydrogens is 392 g/mol. The van der Waals surface area contributed by atoms with Gasteiger partial charge in [-0.05, 0) is 36.6 Å². The van der Waals surface area contributed by atoms with Gasteiger partial charge in [0.15, 0.2) is 0 Å². The molecule has 0 saturated carbocycles. The number of aryl methyl sites for hydroxylation is 2. The molecule has 2 aromatic rings. The molecule has 0 bridgehead atoms. The highest BCUT2D eigenvalue weighted by molar-refractivity contribution is 5.76. The fraction of sp³-hybridized carbons (Fsp3) is 0.480. The summed E-state index contributed by atoms with van der Waals surface area (Å²) in [6.07, 6.45) is 2.11. The molecule has 0 spiro atoms. The first kappa shape index (κ1) is 26.6. The van der Waals surface area contributed by atoms with Crippen molar-refractivity contribution in [3.63, 3.8) is 0 Å². The lowest BCUT2D eigenvalue weighted by atomic mass is 10.1. The normalized spacial score (nSPS) is 20.2. The second-order valence-electron chi connectivity index (χ2n) is 7.02. The number of aliphatic hydroxyl groups is 2. The summed E-state index contributed by atoms with van der Waals surface area (Å²) in [6, 6.07) is 16.2. The van der Waals surface area contributed by atoms with E-state index >= 15 is 0 Å². The average Bonchev–Trinajstić information content (AvgIpc) is 2.79. The molecule has 1 fully saturated rings. The third-order valence-electron chi connectivity index (χ3n) is 4.48. The first-order chi connectivity index (χ1) is 15.0. The molecule has 2 aromatic carbocycles. The van der Waals surface area contributed by atoms with Crippen molar-refractivity contribution in [2.24, 2.45) is 4.99 Å². The van der Waals surface area contributed by atoms with Crippen LogP contribution in [0.4, 0.5) is 5.69 Å². The summed E-state index contributed by atoms with van der Waals surface area (Å²) in [4.78, 5) is 3.87. The zero-order valence-electron chi connectivity index (χ0n) is 19.4. The maximum absolute atomic E-state index is 9.78. The lowest BCUT2D eigenvalue weighted by molar-refractivity contribution is -0.184. The largest absolute Gasteiger partial charge is 0.465 e. The number of nitrogens with zero attached hydrogens (tertiary/aromatic N) is 1. The smallest absolute Gasteiger partial charge is 0.202 e. The molecule has 3 rings (SSSR count). The fourth-order valence-corrected chi connectivity index (χ4v) is 3.04. The van der Waals surface area contributed by atoms with Gasteiger partial charge in [0.25, 0.3) is 0 Å². The maximum atomic E-state index is 9.78. The number of aliphatic imine (C=N–C) groups is 1. The standard InChI is InChI=1S/C15H22N2O4.C8H10.C2H6/c1-10-3-11(17-9-16-2)5-13(4-10)20-15-7-12(19)6-14(8-18)21-15;1-2-8-6-4-3-5-7-8;1-2/h3-5,9,12,14-15,18-19H,6-8H2,1-2H3,(H,16,17);3-7H,2H2,1H3;1-2H3/t12-,14?,15?;;/m0../s1. The second-order valence-corrected chi connectivity index (χ2v) is 7.02. The van der Waals surface area contributed by atoms with Crippen LogP contribution in [-0.4, -0.2) is 48.7 Å². The van der Waals surface area contributed by atoms with Crippen LogP contribution in [0.15, 0.2) is 53.5 Å². The molecule has 0 aliphatic carbocycles. The van der Waals surface area contributed by atoms with E-state index in [2.05, 4.69) is 41.5 Å². The van der Waals surface area contributed by atoms with Crippen LogP contribution in [0.3, 0.4) is 0 Å². The Balaban J connectivity index is 0.000000400. The number of hydrogen-bond donors (Lipinski definition) is 3. The SMILES string of the molecule is CC.CCc1ccccc1.CN=CNc1cc(C)cc(OC2C[C@@H](O)CC(CO)O2)c1. The van der Waals surface area contributed by atoms with E-state index in [0.717, 1.165) is 17.7 Å². The Bertz CT molecular complexity index is 752. The summed E-state index contributed by atoms with van der Waals surface area (Å²) >= 11 is 0. The van der Waals surface area contributed by atoms with Crippen molar-refractivity contribution in [1.82, 2.24) is 0 Å². The van der Waals surface area contributed by atoms with E-state index in [9.17, 15) is 5.11 Å². The van der Waals surface area contributed by atoms with E-state index in [1.807, 2.05) is 45.0 Å². The predicted octanol–water partition coefficient (Wildman–Crippen LogP) is 4.58. The maximum Gasteiger partial charge on any atom is 0.202 e. The molecule has 6 heteroatoms. The highest BCUT2D eigenvalue weighted by Crippen LogP contribution is 2.26. The van der Waals surface area contributed by atoms with Crippen LogP contribution in [0.5, 0.6) is 5.75 Å². The van der Waals surface area contributed by atoms with Crippen molar-refractivity contribution < 1.29 is 19.7 Å². The highest BCUT2D eigenvalue weighted by atomic mass is 16.7. The van der Waals surface area contributed by atoms with Crippen LogP contribution in [0.25, 0.3) is 0 Å². The lowest BCUT2D eigenvalue weighted by Gasteiger charge is -2.32. The minimum atomic E-state index is -0.555. The van der Waals surface area contributed by atoms with Gasteiger partial charge in [0.1, 0.15) is 5.75 Å². The van der Waals surface area contributed by atoms with Crippen LogP contribution in [0.2, 0.25) is 0 Å². The average molecular weight is 431 g/mol. The Morgan fingerprint density at radius 2 is 1.87 bits per heavy atom. The lowest BCUT2D eigenvalue weighted by Crippen LogP contribution is -2.40. The Kier molecular flexibility index (Phi) is 13.2. The second kappa shape index (κ2) is 15.4. The Hall–Kier alpha value is -2.41. The first-order valence-electron chi connectivity index (χ1n) is 11.0. The molecule has 3 atom stereocenters. The molecule has 0 amide bonds. The van der Waals surface area contributed by atoms with E-state index < -0.39 is 12.4 Å². The number of nitrogens with one attached hydrogen (secondary N) is 1. The zero-order chi connectivity index (χ0) is 23.1. The molecule has 1 heterocycles. The minimum absolute atomic E-state index is 0.121. The third kappa shape index (κ3) is 10.4. The van der Waals surface area contributed by atoms with Gasteiger partial charge in [-0.2, -0.15) is 0 Å². The summed E-state index contributed by atoms with van der Waals surface area (Å²) in [6.45, 7) is 8.01. The summed E-state index contributed by atoms with van der Waals surface area (Å²) in [5.74, 6) is 0.651. The number of ether oxygens (including phenoxy) is 2. The van der Waals surface area contributed by atoms with E-state index in [1.54, 1.807) is 13.4 Å². The molecule has 1 aliphatic heterocycles. The van der Waals surface area contributed by atoms with Crippen LogP contribution < -0.4 is 10.1 Å². The molecule has 31 heavy (non-hydrogen) atoms. The fourth-order valence-electron chi connectivity index (χ4n) is 3.04. The van der Waals surface area contributed by atoms with Gasteiger partial charge >= 0.3 is 0 Å². The molecular formula is C25H38N2O4. The van der Waals surface area contributed by atoms with Gasteiger partial charge in [0.2, 0.25) is 6.29 Å². The highest BCUT2D eigenvalue weighted by Gasteiger charge is 2.29. The van der Waals surface area contributed by atoms with Gasteiger partial charge in [-0.1, -0.05) is 51.1 Å². The van der Waals surface area contributed by atoms with Crippen LogP contribution in [0, 0.1) is 6.92 Å². The van der Waals surface area contributed by atoms with E-state index in [4.69, 9.17) is 14.6 Å². The Morgan fingerprint density at radius 1 is 1.16 bits per heavy atom. The molecule has 1 aliphatic rings. The molecule has 2 unspecified atom stereocenters. The van der Waals surface area contributed by atoms with Gasteiger partial charge in [-0.25, -0.2) is 0 Å². The van der Waals surface area contributed by atoms with Crippen LogP contribution >= 0.6 is 0 Å². The van der Waals surface area contributed by atoms with Crippen molar-refractivity contribution in [2.75, 3.05) is 19.0 Å². The van der Waals surface area contributed by atoms with Crippen molar-refractivity contribution >= 4 is 12.0 Å². The molecule has 172 valence electrons. The number of rotatable bonds is 6. The number of anilines is 1. The summed E-state index contributed by atoms with van der Waals surface area (Å²) < 4.78 is 11.4. The third-order valence-corrected chi connectivity index (χ3v) is 4.48. The summed E-state index contributed by atoms with van der Waals surface area (Å²) in [5.41, 5.74) is 3.31. The van der Waals surface area contributed by atoms with E-state index in [-0.39, 0.29) is 12.7 Å². The van der Waals surface area contributed by atoms with Gasteiger partial charge in [0, 0.05) is 31.6 Å². The summed E-state index contributed by atoms with van der Waals surface area (Å²) in [7, 11) is 1.69. The number of hydrogen-bond acceptors (Lipinski definition) is 5. The Morgan fingerprint density at radius 3 is 2.45 bits per heavy atom. The molecule has 6 nitrogen and oxygen atoms in total. The molecule has 3 N–H and O–H groups in total. The van der Waals surface area contributed by atoms with Crippen molar-refractivity contribution in [2.45, 2.75) is 65.5 Å². The summed E-state index contributed by atoms with van der Waals surface area (Å²) in [5, 5.41) is 22.0. The number of aliphatic hydroxyl groups excluding tert-OH is 2. The zero-order valence-corrected chi connectivity index (χ0v) is 19.4. The van der Waals surface area contributed by atoms with Gasteiger partial charge in [0.05, 0.1) is 25.2 Å². The van der Waals surface area contributed by atoms with E-state index in [0.29, 0.717) is 18.6 Å². The van der Waals surface area contributed by atoms with Gasteiger partial charge in [-0.3, -0.25) is 4.99 Å². The molecule has 0 aromatic heterocycles. The van der Waals surface area contributed by atoms with Crippen molar-refractivity contribution in [3.05, 3.63) is 59.7 Å². The predicted molar refractivity (Wildman–Crippen MR) is 128 cm³/mol. The quantitative estimate of drug-likeness (QED) is 0.462. The first-order valence-corrected chi connectivity index (χ1v) is 11.0. The monoisotopic (exact) mass is 430 g/mol. The van der Waals surface area contributed by atoms with Crippen molar-refractivity contribution in [3.8, 4) is 5.75 Å². The topological polar surface area (TPSA) is 83.3 Å². The molecule has 1 saturated heterocycles. The van der Waals surface area contributed by atoms with Gasteiger partial charge < -0.3 is 25.0 Å². The van der Waals surface area contributed by atoms with Crippen LogP contribution in [0.1, 0.15) is 44.7 Å². The van der Waals surface area contributed by atoms with E-state index in [1.165, 1.54) is 5.56 Å². The Labute approximate surface area is 186 Å². The molecule has 0 radical (unpaired) electrons.